The Kier molecular flexibility index (Phi) is 3.85. The summed E-state index contributed by atoms with van der Waals surface area (Å²) in [6, 6.07) is 13.9. The number of benzene rings is 2. The molecule has 0 N–H and O–H groups in total. The maximum absolute atomic E-state index is 6.51. The van der Waals surface area contributed by atoms with Gasteiger partial charge in [-0.2, -0.15) is 0 Å². The highest BCUT2D eigenvalue weighted by Gasteiger charge is 2.64. The second-order valence-electron chi connectivity index (χ2n) is 5.46. The van der Waals surface area contributed by atoms with Gasteiger partial charge in [-0.25, -0.2) is 0 Å². The Hall–Kier alpha value is -0.890. The summed E-state index contributed by atoms with van der Waals surface area (Å²) in [6.07, 6.45) is 0. The van der Waals surface area contributed by atoms with Gasteiger partial charge in [0.05, 0.1) is 7.11 Å². The molecule has 1 saturated carbocycles. The van der Waals surface area contributed by atoms with E-state index >= 15 is 0 Å². The average Bonchev–Trinajstić information content (AvgIpc) is 3.00. The third-order valence-electron chi connectivity index (χ3n) is 3.95. The second-order valence-corrected chi connectivity index (χ2v) is 7.35. The van der Waals surface area contributed by atoms with Gasteiger partial charge in [-0.15, -0.1) is 23.2 Å². The van der Waals surface area contributed by atoms with Gasteiger partial charge in [0.2, 0.25) is 0 Å². The van der Waals surface area contributed by atoms with E-state index in [1.54, 1.807) is 7.11 Å². The summed E-state index contributed by atoms with van der Waals surface area (Å²) < 4.78 is 4.39. The van der Waals surface area contributed by atoms with Crippen molar-refractivity contribution in [3.05, 3.63) is 64.2 Å². The summed E-state index contributed by atoms with van der Waals surface area (Å²) >= 11 is 19.2. The lowest BCUT2D eigenvalue weighted by Crippen LogP contribution is -1.91. The smallest absolute Gasteiger partial charge is 0.133 e. The second kappa shape index (κ2) is 5.39. The summed E-state index contributed by atoms with van der Waals surface area (Å²) in [5.41, 5.74) is 3.32. The topological polar surface area (TPSA) is 9.23 Å². The van der Waals surface area contributed by atoms with Crippen LogP contribution in [0.5, 0.6) is 5.75 Å². The summed E-state index contributed by atoms with van der Waals surface area (Å²) in [6.45, 7) is 2.02. The number of alkyl halides is 2. The van der Waals surface area contributed by atoms with Crippen LogP contribution < -0.4 is 4.74 Å². The van der Waals surface area contributed by atoms with Gasteiger partial charge in [-0.3, -0.25) is 0 Å². The maximum Gasteiger partial charge on any atom is 0.133 e. The Balaban J connectivity index is 1.93. The molecule has 4 heteroatoms. The van der Waals surface area contributed by atoms with Gasteiger partial charge in [-0.05, 0) is 47.9 Å². The Morgan fingerprint density at radius 3 is 2.14 bits per heavy atom. The number of halogens is 3. The van der Waals surface area contributed by atoms with E-state index in [0.29, 0.717) is 0 Å². The molecule has 0 amide bonds. The first-order valence-corrected chi connectivity index (χ1v) is 7.85. The van der Waals surface area contributed by atoms with E-state index in [1.807, 2.05) is 43.3 Å². The molecule has 0 heterocycles. The fourth-order valence-corrected chi connectivity index (χ4v) is 4.09. The molecule has 3 rings (SSSR count). The normalized spacial score (nSPS) is 22.9. The zero-order chi connectivity index (χ0) is 15.2. The lowest BCUT2D eigenvalue weighted by molar-refractivity contribution is 0.414. The molecule has 21 heavy (non-hydrogen) atoms. The van der Waals surface area contributed by atoms with E-state index in [4.69, 9.17) is 39.5 Å². The molecule has 2 aromatic rings. The largest absolute Gasteiger partial charge is 0.497 e. The molecule has 2 atom stereocenters. The van der Waals surface area contributed by atoms with Crippen LogP contribution in [0.2, 0.25) is 5.02 Å². The molecule has 1 fully saturated rings. The van der Waals surface area contributed by atoms with Crippen LogP contribution in [0.4, 0.5) is 0 Å². The van der Waals surface area contributed by atoms with Crippen molar-refractivity contribution in [1.82, 2.24) is 0 Å². The molecule has 2 aromatic carbocycles. The minimum absolute atomic E-state index is 0.0617. The van der Waals surface area contributed by atoms with Gasteiger partial charge in [-0.1, -0.05) is 29.8 Å². The molecule has 0 bridgehead atoms. The van der Waals surface area contributed by atoms with Gasteiger partial charge in [0.15, 0.2) is 0 Å². The van der Waals surface area contributed by atoms with Crippen molar-refractivity contribution >= 4 is 34.8 Å². The minimum atomic E-state index is -0.786. The van der Waals surface area contributed by atoms with Crippen LogP contribution in [-0.2, 0) is 0 Å². The molecule has 0 spiro atoms. The van der Waals surface area contributed by atoms with Crippen LogP contribution in [0.15, 0.2) is 42.5 Å². The zero-order valence-corrected chi connectivity index (χ0v) is 14.0. The highest BCUT2D eigenvalue weighted by molar-refractivity contribution is 6.52. The van der Waals surface area contributed by atoms with Crippen LogP contribution in [0.25, 0.3) is 0 Å². The molecule has 110 valence electrons. The third kappa shape index (κ3) is 2.75. The van der Waals surface area contributed by atoms with Crippen molar-refractivity contribution in [2.45, 2.75) is 23.1 Å². The summed E-state index contributed by atoms with van der Waals surface area (Å²) in [5, 5.41) is 0.717. The predicted octanol–water partition coefficient (Wildman–Crippen LogP) is 5.71. The van der Waals surface area contributed by atoms with E-state index in [0.717, 1.165) is 27.5 Å². The minimum Gasteiger partial charge on any atom is -0.497 e. The van der Waals surface area contributed by atoms with E-state index in [1.165, 1.54) is 0 Å². The highest BCUT2D eigenvalue weighted by Crippen LogP contribution is 2.70. The first-order valence-electron chi connectivity index (χ1n) is 6.72. The molecule has 1 aliphatic rings. The quantitative estimate of drug-likeness (QED) is 0.649. The summed E-state index contributed by atoms with van der Waals surface area (Å²) in [7, 11) is 1.65. The Morgan fingerprint density at radius 1 is 0.952 bits per heavy atom. The molecular formula is C17H15Cl3O. The number of ether oxygens (including phenoxy) is 1. The van der Waals surface area contributed by atoms with E-state index in [-0.39, 0.29) is 11.8 Å². The van der Waals surface area contributed by atoms with E-state index < -0.39 is 4.33 Å². The van der Waals surface area contributed by atoms with Gasteiger partial charge in [0.1, 0.15) is 10.1 Å². The molecule has 1 nitrogen and oxygen atoms in total. The first kappa shape index (κ1) is 15.0. The lowest BCUT2D eigenvalue weighted by Gasteiger charge is -2.04. The van der Waals surface area contributed by atoms with Crippen LogP contribution >= 0.6 is 34.8 Å². The van der Waals surface area contributed by atoms with Crippen molar-refractivity contribution in [3.63, 3.8) is 0 Å². The molecule has 1 aliphatic carbocycles. The molecular weight excluding hydrogens is 327 g/mol. The van der Waals surface area contributed by atoms with Crippen LogP contribution in [0, 0.1) is 6.92 Å². The van der Waals surface area contributed by atoms with Crippen LogP contribution in [0.3, 0.4) is 0 Å². The number of hydrogen-bond acceptors (Lipinski definition) is 1. The summed E-state index contributed by atoms with van der Waals surface area (Å²) in [5.74, 6) is 0.959. The van der Waals surface area contributed by atoms with Gasteiger partial charge >= 0.3 is 0 Å². The predicted molar refractivity (Wildman–Crippen MR) is 89.1 cm³/mol. The van der Waals surface area contributed by atoms with Crippen LogP contribution in [-0.4, -0.2) is 11.4 Å². The maximum atomic E-state index is 6.51. The summed E-state index contributed by atoms with van der Waals surface area (Å²) in [4.78, 5) is 0. The molecule has 0 aliphatic heterocycles. The van der Waals surface area contributed by atoms with Crippen LogP contribution in [0.1, 0.15) is 28.5 Å². The van der Waals surface area contributed by atoms with Gasteiger partial charge in [0.25, 0.3) is 0 Å². The molecule has 0 radical (unpaired) electrons. The molecule has 0 saturated heterocycles. The van der Waals surface area contributed by atoms with E-state index in [9.17, 15) is 0 Å². The average molecular weight is 342 g/mol. The van der Waals surface area contributed by atoms with Gasteiger partial charge in [0, 0.05) is 16.9 Å². The van der Waals surface area contributed by atoms with Crippen molar-refractivity contribution < 1.29 is 4.74 Å². The Labute approximate surface area is 139 Å². The van der Waals surface area contributed by atoms with Crippen molar-refractivity contribution in [1.29, 1.82) is 0 Å². The monoisotopic (exact) mass is 340 g/mol. The fourth-order valence-electron chi connectivity index (χ4n) is 2.91. The Bertz CT molecular complexity index is 644. The van der Waals surface area contributed by atoms with E-state index in [2.05, 4.69) is 6.07 Å². The zero-order valence-electron chi connectivity index (χ0n) is 11.7. The lowest BCUT2D eigenvalue weighted by atomic mass is 10.0. The standard InChI is InChI=1S/C17H15Cl3O/c1-10-7-12(9-13(18)8-10)16-15(17(16,19)20)11-3-5-14(21-2)6-4-11/h3-9,15-16H,1-2H3. The van der Waals surface area contributed by atoms with Crippen molar-refractivity contribution in [3.8, 4) is 5.75 Å². The van der Waals surface area contributed by atoms with Crippen molar-refractivity contribution in [2.24, 2.45) is 0 Å². The van der Waals surface area contributed by atoms with Crippen molar-refractivity contribution in [2.75, 3.05) is 7.11 Å². The number of hydrogen-bond donors (Lipinski definition) is 0. The Morgan fingerprint density at radius 2 is 1.57 bits per heavy atom. The first-order chi connectivity index (χ1) is 9.93. The fraction of sp³-hybridized carbons (Fsp3) is 0.294. The highest BCUT2D eigenvalue weighted by atomic mass is 35.5. The number of aryl methyl sites for hydroxylation is 1. The SMILES string of the molecule is COc1ccc(C2C(c3cc(C)cc(Cl)c3)C2(Cl)Cl)cc1. The third-order valence-corrected chi connectivity index (χ3v) is 5.11. The number of rotatable bonds is 3. The molecule has 0 aromatic heterocycles. The number of methoxy groups -OCH3 is 1. The molecule has 2 unspecified atom stereocenters. The van der Waals surface area contributed by atoms with Gasteiger partial charge < -0.3 is 4.74 Å².